The Bertz CT molecular complexity index is 368. The Morgan fingerprint density at radius 1 is 1.12 bits per heavy atom. The number of carbonyl (C=O) groups is 3. The zero-order valence-electron chi connectivity index (χ0n) is 8.10. The second-order valence-corrected chi connectivity index (χ2v) is 3.78. The van der Waals surface area contributed by atoms with Crippen molar-refractivity contribution in [2.75, 3.05) is 0 Å². The second-order valence-electron chi connectivity index (χ2n) is 2.18. The second kappa shape index (κ2) is 9.41. The van der Waals surface area contributed by atoms with Crippen LogP contribution in [-0.4, -0.2) is 84.3 Å². The van der Waals surface area contributed by atoms with Crippen LogP contribution in [0.1, 0.15) is 6.42 Å². The summed E-state index contributed by atoms with van der Waals surface area (Å²) in [6, 6.07) is 0. The smallest absolute Gasteiger partial charge is 0.550 e. The Morgan fingerprint density at radius 3 is 1.47 bits per heavy atom. The Labute approximate surface area is 125 Å². The number of rotatable bonds is 4. The van der Waals surface area contributed by atoms with Crippen molar-refractivity contribution in [3.8, 4) is 0 Å². The van der Waals surface area contributed by atoms with E-state index < -0.39 is 39.9 Å². The summed E-state index contributed by atoms with van der Waals surface area (Å²) < 4.78 is 28.5. The van der Waals surface area contributed by atoms with Crippen molar-refractivity contribution in [2.45, 2.75) is 11.7 Å². The molecule has 94 valence electrons. The van der Waals surface area contributed by atoms with E-state index in [1.807, 2.05) is 0 Å². The first kappa shape index (κ1) is 21.6. The maximum Gasteiger partial charge on any atom is 2.00 e. The van der Waals surface area contributed by atoms with Crippen molar-refractivity contribution < 1.29 is 47.8 Å². The standard InChI is InChI=1S/C4H6O7S.CH2O3.Ca/c5-3(6)1-2(4(7)8)12(9,10)11;2-1(3)4;/h2H,1H2,(H,5,6)(H,7,8)(H,9,10,11);(H2,2,3,4);/q;;+2/p-2. The molecule has 3 N–H and O–H groups in total. The van der Waals surface area contributed by atoms with Crippen LogP contribution in [0.25, 0.3) is 0 Å². The van der Waals surface area contributed by atoms with Gasteiger partial charge < -0.3 is 30.0 Å². The van der Waals surface area contributed by atoms with E-state index in [1.165, 1.54) is 0 Å². The number of aliphatic carboxylic acids is 2. The number of carboxylic acids is 2. The predicted molar refractivity (Wildman–Crippen MR) is 46.4 cm³/mol. The topological polar surface area (TPSA) is 192 Å². The zero-order chi connectivity index (χ0) is 13.5. The predicted octanol–water partition coefficient (Wildman–Crippen LogP) is -4.03. The first-order valence-electron chi connectivity index (χ1n) is 3.27. The minimum Gasteiger partial charge on any atom is -0.550 e. The first-order valence-corrected chi connectivity index (χ1v) is 4.77. The molecule has 0 aliphatic carbocycles. The van der Waals surface area contributed by atoms with E-state index in [0.29, 0.717) is 0 Å². The third-order valence-corrected chi connectivity index (χ3v) is 2.05. The molecule has 0 bridgehead atoms. The molecule has 0 rings (SSSR count). The number of carbonyl (C=O) groups excluding carboxylic acids is 2. The molecule has 1 atom stereocenters. The number of carboxylic acid groups (broad SMARTS) is 4. The van der Waals surface area contributed by atoms with Crippen LogP contribution in [0.5, 0.6) is 0 Å². The minimum absolute atomic E-state index is 0. The molecule has 0 amide bonds. The van der Waals surface area contributed by atoms with Crippen LogP contribution in [0.3, 0.4) is 0 Å². The van der Waals surface area contributed by atoms with E-state index in [-0.39, 0.29) is 37.7 Å². The van der Waals surface area contributed by atoms with Crippen molar-refractivity contribution in [3.05, 3.63) is 0 Å². The van der Waals surface area contributed by atoms with Crippen molar-refractivity contribution in [1.29, 1.82) is 0 Å². The van der Waals surface area contributed by atoms with E-state index in [1.54, 1.807) is 0 Å². The molecule has 0 saturated heterocycles. The number of hydrogen-bond acceptors (Lipinski definition) is 7. The van der Waals surface area contributed by atoms with Crippen LogP contribution in [0.15, 0.2) is 0 Å². The summed E-state index contributed by atoms with van der Waals surface area (Å²) in [7, 11) is -4.94. The van der Waals surface area contributed by atoms with Gasteiger partial charge in [-0.3, -0.25) is 4.55 Å². The Hall–Kier alpha value is -0.620. The van der Waals surface area contributed by atoms with Crippen LogP contribution < -0.4 is 10.2 Å². The van der Waals surface area contributed by atoms with Gasteiger partial charge in [-0.05, 0) is 0 Å². The summed E-state index contributed by atoms with van der Waals surface area (Å²) in [4.78, 5) is 28.3. The molecule has 0 fully saturated rings. The van der Waals surface area contributed by atoms with Gasteiger partial charge in [0.1, 0.15) is 5.25 Å². The van der Waals surface area contributed by atoms with E-state index >= 15 is 0 Å². The van der Waals surface area contributed by atoms with Gasteiger partial charge in [-0.25, -0.2) is 4.79 Å². The molecule has 0 aromatic rings. The van der Waals surface area contributed by atoms with Gasteiger partial charge in [0.25, 0.3) is 10.1 Å². The molecular formula is C5H6CaO10S. The van der Waals surface area contributed by atoms with Gasteiger partial charge in [0.05, 0.1) is 5.97 Å². The van der Waals surface area contributed by atoms with Gasteiger partial charge in [0, 0.05) is 12.4 Å². The van der Waals surface area contributed by atoms with E-state index in [2.05, 4.69) is 0 Å². The molecule has 0 aliphatic rings. The summed E-state index contributed by atoms with van der Waals surface area (Å²) in [5.41, 5.74) is 0. The first-order chi connectivity index (χ1) is 6.98. The SMILES string of the molecule is O=C(O)O.O=C([O-])CC(C(=O)[O-])S(=O)(=O)O.[Ca+2]. The third-order valence-electron chi connectivity index (χ3n) is 0.975. The Kier molecular flexibility index (Phi) is 12.0. The molecule has 0 aromatic heterocycles. The average molecular weight is 298 g/mol. The maximum absolute atomic E-state index is 10.2. The third kappa shape index (κ3) is 15.4. The van der Waals surface area contributed by atoms with Crippen LogP contribution in [0.2, 0.25) is 0 Å². The monoisotopic (exact) mass is 298 g/mol. The molecule has 1 unspecified atom stereocenters. The molecule has 0 heterocycles. The summed E-state index contributed by atoms with van der Waals surface area (Å²) in [6.07, 6.45) is -3.17. The molecule has 10 nitrogen and oxygen atoms in total. The largest absolute Gasteiger partial charge is 2.00 e. The molecule has 0 radical (unpaired) electrons. The fraction of sp³-hybridized carbons (Fsp3) is 0.400. The van der Waals surface area contributed by atoms with Crippen molar-refractivity contribution >= 4 is 66.0 Å². The zero-order valence-corrected chi connectivity index (χ0v) is 11.1. The van der Waals surface area contributed by atoms with Gasteiger partial charge in [-0.15, -0.1) is 0 Å². The van der Waals surface area contributed by atoms with Gasteiger partial charge in [-0.2, -0.15) is 8.42 Å². The molecule has 0 saturated carbocycles. The van der Waals surface area contributed by atoms with Crippen LogP contribution in [0, 0.1) is 0 Å². The maximum atomic E-state index is 10.2. The van der Waals surface area contributed by atoms with Gasteiger partial charge in [-0.1, -0.05) is 0 Å². The fourth-order valence-electron chi connectivity index (χ4n) is 0.462. The molecule has 0 aromatic carbocycles. The molecular weight excluding hydrogens is 292 g/mol. The normalized spacial score (nSPS) is 11.1. The van der Waals surface area contributed by atoms with Crippen LogP contribution >= 0.6 is 0 Å². The molecule has 17 heavy (non-hydrogen) atoms. The molecule has 12 heteroatoms. The molecule has 0 aliphatic heterocycles. The van der Waals surface area contributed by atoms with Gasteiger partial charge >= 0.3 is 43.9 Å². The quantitative estimate of drug-likeness (QED) is 0.340. The van der Waals surface area contributed by atoms with Crippen molar-refractivity contribution in [1.82, 2.24) is 0 Å². The summed E-state index contributed by atoms with van der Waals surface area (Å²) >= 11 is 0. The van der Waals surface area contributed by atoms with E-state index in [0.717, 1.165) is 0 Å². The fourth-order valence-corrected chi connectivity index (χ4v) is 1.05. The summed E-state index contributed by atoms with van der Waals surface area (Å²) in [5.74, 6) is -4.08. The summed E-state index contributed by atoms with van der Waals surface area (Å²) in [6.45, 7) is 0. The van der Waals surface area contributed by atoms with E-state index in [9.17, 15) is 28.2 Å². The minimum atomic E-state index is -4.94. The average Bonchev–Trinajstić information content (AvgIpc) is 1.95. The Balaban J connectivity index is -0.000000340. The molecule has 0 spiro atoms. The van der Waals surface area contributed by atoms with Crippen LogP contribution in [-0.2, 0) is 19.7 Å². The van der Waals surface area contributed by atoms with Gasteiger partial charge in [0.2, 0.25) is 0 Å². The van der Waals surface area contributed by atoms with Crippen molar-refractivity contribution in [3.63, 3.8) is 0 Å². The summed E-state index contributed by atoms with van der Waals surface area (Å²) in [5, 5.41) is 31.2. The van der Waals surface area contributed by atoms with Crippen molar-refractivity contribution in [2.24, 2.45) is 0 Å². The Morgan fingerprint density at radius 2 is 1.41 bits per heavy atom. The van der Waals surface area contributed by atoms with Crippen LogP contribution in [0.4, 0.5) is 4.79 Å². The van der Waals surface area contributed by atoms with Gasteiger partial charge in [0.15, 0.2) is 0 Å². The van der Waals surface area contributed by atoms with E-state index in [4.69, 9.17) is 19.6 Å². The number of hydrogen-bond donors (Lipinski definition) is 3.